The van der Waals surface area contributed by atoms with Crippen molar-refractivity contribution in [1.29, 1.82) is 0 Å². The third-order valence-electron chi connectivity index (χ3n) is 3.52. The van der Waals surface area contributed by atoms with E-state index in [-0.39, 0.29) is 0 Å². The van der Waals surface area contributed by atoms with Crippen LogP contribution < -0.4 is 11.1 Å². The van der Waals surface area contributed by atoms with Gasteiger partial charge in [-0.2, -0.15) is 0 Å². The van der Waals surface area contributed by atoms with Crippen LogP contribution >= 0.6 is 0 Å². The highest BCUT2D eigenvalue weighted by molar-refractivity contribution is 5.77. The van der Waals surface area contributed by atoms with E-state index in [0.717, 1.165) is 19.5 Å². The van der Waals surface area contributed by atoms with E-state index in [1.165, 1.54) is 16.7 Å². The standard InChI is InChI=1S/C19H26N4/c1-23(2)15-18-10-8-17(9-11-18)14-22-19(20)21-13-12-16-6-4-3-5-7-16/h3-11H,12-15H2,1-2H3,(H3,20,21,22). The Morgan fingerprint density at radius 1 is 0.957 bits per heavy atom. The number of nitrogens with one attached hydrogen (secondary N) is 1. The fourth-order valence-corrected chi connectivity index (χ4v) is 2.33. The maximum atomic E-state index is 5.91. The quantitative estimate of drug-likeness (QED) is 0.610. The summed E-state index contributed by atoms with van der Waals surface area (Å²) in [5.74, 6) is 0.498. The molecule has 0 fully saturated rings. The molecule has 4 heteroatoms. The Morgan fingerprint density at radius 3 is 2.26 bits per heavy atom. The first-order chi connectivity index (χ1) is 11.1. The van der Waals surface area contributed by atoms with Crippen LogP contribution in [-0.4, -0.2) is 31.5 Å². The Labute approximate surface area is 139 Å². The van der Waals surface area contributed by atoms with Crippen molar-refractivity contribution in [3.63, 3.8) is 0 Å². The van der Waals surface area contributed by atoms with Crippen LogP contribution in [0.15, 0.2) is 59.6 Å². The molecular formula is C19H26N4. The number of hydrogen-bond donors (Lipinski definition) is 2. The largest absolute Gasteiger partial charge is 0.370 e. The third kappa shape index (κ3) is 6.53. The average Bonchev–Trinajstić information content (AvgIpc) is 2.55. The Balaban J connectivity index is 1.75. The van der Waals surface area contributed by atoms with Gasteiger partial charge >= 0.3 is 0 Å². The molecule has 0 amide bonds. The molecule has 0 aliphatic rings. The number of benzene rings is 2. The lowest BCUT2D eigenvalue weighted by Gasteiger charge is -2.10. The Bertz CT molecular complexity index is 603. The van der Waals surface area contributed by atoms with Gasteiger partial charge < -0.3 is 16.0 Å². The second-order valence-corrected chi connectivity index (χ2v) is 5.92. The van der Waals surface area contributed by atoms with Crippen LogP contribution in [0.2, 0.25) is 0 Å². The van der Waals surface area contributed by atoms with Gasteiger partial charge in [0.2, 0.25) is 0 Å². The van der Waals surface area contributed by atoms with Gasteiger partial charge in [0.25, 0.3) is 0 Å². The first kappa shape index (κ1) is 17.0. The summed E-state index contributed by atoms with van der Waals surface area (Å²) in [7, 11) is 4.14. The molecule has 0 saturated carbocycles. The van der Waals surface area contributed by atoms with E-state index in [1.54, 1.807) is 0 Å². The van der Waals surface area contributed by atoms with Crippen LogP contribution in [0.5, 0.6) is 0 Å². The van der Waals surface area contributed by atoms with Gasteiger partial charge in [0.15, 0.2) is 5.96 Å². The van der Waals surface area contributed by atoms with Crippen molar-refractivity contribution in [2.45, 2.75) is 19.5 Å². The van der Waals surface area contributed by atoms with E-state index in [1.807, 2.05) is 18.2 Å². The van der Waals surface area contributed by atoms with E-state index < -0.39 is 0 Å². The van der Waals surface area contributed by atoms with Gasteiger partial charge in [-0.1, -0.05) is 54.6 Å². The molecule has 0 aromatic heterocycles. The maximum Gasteiger partial charge on any atom is 0.188 e. The molecule has 122 valence electrons. The minimum Gasteiger partial charge on any atom is -0.370 e. The molecular weight excluding hydrogens is 284 g/mol. The smallest absolute Gasteiger partial charge is 0.188 e. The highest BCUT2D eigenvalue weighted by Crippen LogP contribution is 2.07. The van der Waals surface area contributed by atoms with Crippen LogP contribution in [-0.2, 0) is 19.5 Å². The molecule has 0 aliphatic carbocycles. The van der Waals surface area contributed by atoms with Crippen molar-refractivity contribution in [3.05, 3.63) is 71.3 Å². The molecule has 2 aromatic carbocycles. The maximum absolute atomic E-state index is 5.91. The second kappa shape index (κ2) is 8.96. The summed E-state index contributed by atoms with van der Waals surface area (Å²) in [4.78, 5) is 6.54. The van der Waals surface area contributed by atoms with Gasteiger partial charge in [0.05, 0.1) is 6.54 Å². The first-order valence-electron chi connectivity index (χ1n) is 7.94. The molecule has 3 N–H and O–H groups in total. The van der Waals surface area contributed by atoms with Crippen molar-refractivity contribution in [3.8, 4) is 0 Å². The first-order valence-corrected chi connectivity index (χ1v) is 7.94. The summed E-state index contributed by atoms with van der Waals surface area (Å²) in [5.41, 5.74) is 9.68. The third-order valence-corrected chi connectivity index (χ3v) is 3.52. The molecule has 0 aliphatic heterocycles. The topological polar surface area (TPSA) is 53.6 Å². The number of aliphatic imine (C=N–C) groups is 1. The van der Waals surface area contributed by atoms with Gasteiger partial charge in [-0.15, -0.1) is 0 Å². The molecule has 0 atom stereocenters. The summed E-state index contributed by atoms with van der Waals surface area (Å²) in [6.07, 6.45) is 0.941. The molecule has 4 nitrogen and oxygen atoms in total. The van der Waals surface area contributed by atoms with E-state index in [4.69, 9.17) is 5.73 Å². The SMILES string of the molecule is CN(C)Cc1ccc(CN=C(N)NCCc2ccccc2)cc1. The van der Waals surface area contributed by atoms with Gasteiger partial charge in [0.1, 0.15) is 0 Å². The van der Waals surface area contributed by atoms with Crippen molar-refractivity contribution in [1.82, 2.24) is 10.2 Å². The number of guanidine groups is 1. The molecule has 23 heavy (non-hydrogen) atoms. The zero-order valence-electron chi connectivity index (χ0n) is 14.0. The number of rotatable bonds is 7. The average molecular weight is 310 g/mol. The van der Waals surface area contributed by atoms with Crippen LogP contribution in [0, 0.1) is 0 Å². The molecule has 2 aromatic rings. The Hall–Kier alpha value is -2.33. The highest BCUT2D eigenvalue weighted by atomic mass is 15.1. The van der Waals surface area contributed by atoms with Crippen LogP contribution in [0.25, 0.3) is 0 Å². The summed E-state index contributed by atoms with van der Waals surface area (Å²) in [6, 6.07) is 18.9. The molecule has 2 rings (SSSR count). The molecule has 0 radical (unpaired) electrons. The Morgan fingerprint density at radius 2 is 1.61 bits per heavy atom. The number of nitrogens with two attached hydrogens (primary N) is 1. The van der Waals surface area contributed by atoms with Crippen molar-refractivity contribution < 1.29 is 0 Å². The van der Waals surface area contributed by atoms with Gasteiger partial charge in [-0.05, 0) is 37.2 Å². The normalized spacial score (nSPS) is 11.7. The molecule has 0 heterocycles. The predicted molar refractivity (Wildman–Crippen MR) is 97.3 cm³/mol. The lowest BCUT2D eigenvalue weighted by Crippen LogP contribution is -2.33. The van der Waals surface area contributed by atoms with Crippen LogP contribution in [0.4, 0.5) is 0 Å². The van der Waals surface area contributed by atoms with Gasteiger partial charge in [-0.25, -0.2) is 4.99 Å². The van der Waals surface area contributed by atoms with E-state index in [9.17, 15) is 0 Å². The fourth-order valence-electron chi connectivity index (χ4n) is 2.33. The monoisotopic (exact) mass is 310 g/mol. The van der Waals surface area contributed by atoms with E-state index >= 15 is 0 Å². The number of nitrogens with zero attached hydrogens (tertiary/aromatic N) is 2. The van der Waals surface area contributed by atoms with E-state index in [0.29, 0.717) is 12.5 Å². The highest BCUT2D eigenvalue weighted by Gasteiger charge is 1.97. The summed E-state index contributed by atoms with van der Waals surface area (Å²) in [5, 5.41) is 3.16. The second-order valence-electron chi connectivity index (χ2n) is 5.92. The number of hydrogen-bond acceptors (Lipinski definition) is 2. The van der Waals surface area contributed by atoms with Gasteiger partial charge in [0, 0.05) is 13.1 Å². The summed E-state index contributed by atoms with van der Waals surface area (Å²) in [6.45, 7) is 2.35. The summed E-state index contributed by atoms with van der Waals surface area (Å²) < 4.78 is 0. The molecule has 0 bridgehead atoms. The minimum atomic E-state index is 0.498. The van der Waals surface area contributed by atoms with E-state index in [2.05, 4.69) is 65.7 Å². The molecule has 0 unspecified atom stereocenters. The zero-order valence-corrected chi connectivity index (χ0v) is 14.0. The fraction of sp³-hybridized carbons (Fsp3) is 0.316. The van der Waals surface area contributed by atoms with Crippen molar-refractivity contribution >= 4 is 5.96 Å². The lowest BCUT2D eigenvalue weighted by molar-refractivity contribution is 0.402. The van der Waals surface area contributed by atoms with Crippen molar-refractivity contribution in [2.75, 3.05) is 20.6 Å². The lowest BCUT2D eigenvalue weighted by atomic mass is 10.1. The zero-order chi connectivity index (χ0) is 16.5. The van der Waals surface area contributed by atoms with Gasteiger partial charge in [-0.3, -0.25) is 0 Å². The molecule has 0 spiro atoms. The summed E-state index contributed by atoms with van der Waals surface area (Å²) >= 11 is 0. The van der Waals surface area contributed by atoms with Crippen molar-refractivity contribution in [2.24, 2.45) is 10.7 Å². The van der Waals surface area contributed by atoms with Crippen LogP contribution in [0.3, 0.4) is 0 Å². The predicted octanol–water partition coefficient (Wildman–Crippen LogP) is 2.40. The Kier molecular flexibility index (Phi) is 6.63. The van der Waals surface area contributed by atoms with Crippen LogP contribution in [0.1, 0.15) is 16.7 Å². The molecule has 0 saturated heterocycles. The minimum absolute atomic E-state index is 0.498.